The number of rotatable bonds is 6. The third kappa shape index (κ3) is 4.45. The molecule has 3 aromatic rings. The van der Waals surface area contributed by atoms with Gasteiger partial charge in [0.2, 0.25) is 5.91 Å². The van der Waals surface area contributed by atoms with E-state index < -0.39 is 11.6 Å². The van der Waals surface area contributed by atoms with Crippen LogP contribution >= 0.6 is 0 Å². The molecule has 0 saturated carbocycles. The topological polar surface area (TPSA) is 73.1 Å². The van der Waals surface area contributed by atoms with E-state index in [-0.39, 0.29) is 17.9 Å². The maximum absolute atomic E-state index is 13.3. The number of carbonyl (C=O) groups excluding carboxylic acids is 1. The number of benzene rings is 2. The molecule has 29 heavy (non-hydrogen) atoms. The number of hydrogen-bond acceptors (Lipinski definition) is 3. The fraction of sp³-hybridized carbons (Fsp3) is 0.318. The summed E-state index contributed by atoms with van der Waals surface area (Å²) in [6, 6.07) is 10.8. The van der Waals surface area contributed by atoms with Crippen LogP contribution < -0.4 is 16.6 Å². The largest absolute Gasteiger partial charge is 0.331 e. The second-order valence-corrected chi connectivity index (χ2v) is 7.53. The zero-order chi connectivity index (χ0) is 21.1. The van der Waals surface area contributed by atoms with E-state index in [4.69, 9.17) is 0 Å². The van der Waals surface area contributed by atoms with E-state index in [1.54, 1.807) is 31.2 Å². The number of carbonyl (C=O) groups is 1. The lowest BCUT2D eigenvalue weighted by Gasteiger charge is -2.15. The highest BCUT2D eigenvalue weighted by Gasteiger charge is 2.16. The zero-order valence-electron chi connectivity index (χ0n) is 16.7. The lowest BCUT2D eigenvalue weighted by Crippen LogP contribution is -2.42. The quantitative estimate of drug-likeness (QED) is 0.694. The Kier molecular flexibility index (Phi) is 5.96. The van der Waals surface area contributed by atoms with Crippen LogP contribution in [0, 0.1) is 18.7 Å². The SMILES string of the molecule is Cc1cc(F)ccc1NC(=O)Cn1c(=O)n(CCC(C)C)c(=O)c2ccccc21. The van der Waals surface area contributed by atoms with Gasteiger partial charge < -0.3 is 5.32 Å². The molecule has 0 saturated heterocycles. The molecule has 0 aliphatic carbocycles. The minimum atomic E-state index is -0.514. The Hall–Kier alpha value is -3.22. The average Bonchev–Trinajstić information content (AvgIpc) is 2.67. The predicted octanol–water partition coefficient (Wildman–Crippen LogP) is 3.30. The smallest absolute Gasteiger partial charge is 0.324 e. The van der Waals surface area contributed by atoms with Crippen molar-refractivity contribution in [2.45, 2.75) is 40.3 Å². The summed E-state index contributed by atoms with van der Waals surface area (Å²) in [6.07, 6.45) is 0.675. The minimum Gasteiger partial charge on any atom is -0.324 e. The molecule has 0 spiro atoms. The number of amides is 1. The maximum atomic E-state index is 13.3. The minimum absolute atomic E-state index is 0.252. The summed E-state index contributed by atoms with van der Waals surface area (Å²) in [5.74, 6) is -0.494. The molecule has 0 aliphatic rings. The third-order valence-corrected chi connectivity index (χ3v) is 4.83. The number of hydrogen-bond donors (Lipinski definition) is 1. The lowest BCUT2D eigenvalue weighted by atomic mass is 10.1. The van der Waals surface area contributed by atoms with Gasteiger partial charge in [-0.1, -0.05) is 26.0 Å². The summed E-state index contributed by atoms with van der Waals surface area (Å²) in [5, 5.41) is 3.10. The number of aryl methyl sites for hydroxylation is 1. The molecule has 0 radical (unpaired) electrons. The second-order valence-electron chi connectivity index (χ2n) is 7.53. The van der Waals surface area contributed by atoms with E-state index in [1.165, 1.54) is 27.3 Å². The highest BCUT2D eigenvalue weighted by atomic mass is 19.1. The van der Waals surface area contributed by atoms with Gasteiger partial charge in [-0.3, -0.25) is 18.7 Å². The molecule has 0 fully saturated rings. The molecule has 2 aromatic carbocycles. The molecule has 1 amide bonds. The van der Waals surface area contributed by atoms with Crippen molar-refractivity contribution in [1.82, 2.24) is 9.13 Å². The zero-order valence-corrected chi connectivity index (χ0v) is 16.7. The Labute approximate surface area is 167 Å². The van der Waals surface area contributed by atoms with Crippen molar-refractivity contribution >= 4 is 22.5 Å². The van der Waals surface area contributed by atoms with Crippen molar-refractivity contribution in [3.63, 3.8) is 0 Å². The van der Waals surface area contributed by atoms with Gasteiger partial charge in [0.25, 0.3) is 5.56 Å². The molecule has 0 atom stereocenters. The van der Waals surface area contributed by atoms with Gasteiger partial charge in [0.15, 0.2) is 0 Å². The summed E-state index contributed by atoms with van der Waals surface area (Å²) in [4.78, 5) is 38.4. The van der Waals surface area contributed by atoms with E-state index in [2.05, 4.69) is 5.32 Å². The summed E-state index contributed by atoms with van der Waals surface area (Å²) < 4.78 is 15.8. The molecule has 152 valence electrons. The Morgan fingerprint density at radius 3 is 2.52 bits per heavy atom. The number of fused-ring (bicyclic) bond motifs is 1. The van der Waals surface area contributed by atoms with Gasteiger partial charge in [-0.25, -0.2) is 9.18 Å². The molecular formula is C22H24FN3O3. The van der Waals surface area contributed by atoms with Crippen LogP contribution in [0.5, 0.6) is 0 Å². The molecule has 1 heterocycles. The fourth-order valence-electron chi connectivity index (χ4n) is 3.21. The number of nitrogens with one attached hydrogen (secondary N) is 1. The van der Waals surface area contributed by atoms with Gasteiger partial charge in [0.1, 0.15) is 12.4 Å². The van der Waals surface area contributed by atoms with Gasteiger partial charge in [-0.15, -0.1) is 0 Å². The first-order valence-electron chi connectivity index (χ1n) is 9.56. The average molecular weight is 397 g/mol. The lowest BCUT2D eigenvalue weighted by molar-refractivity contribution is -0.116. The van der Waals surface area contributed by atoms with Gasteiger partial charge in [0, 0.05) is 12.2 Å². The van der Waals surface area contributed by atoms with Crippen LogP contribution in [0.3, 0.4) is 0 Å². The van der Waals surface area contributed by atoms with E-state index in [0.717, 1.165) is 0 Å². The van der Waals surface area contributed by atoms with E-state index in [0.29, 0.717) is 41.0 Å². The van der Waals surface area contributed by atoms with Crippen molar-refractivity contribution in [3.05, 3.63) is 74.7 Å². The van der Waals surface area contributed by atoms with Gasteiger partial charge in [0.05, 0.1) is 10.9 Å². The van der Waals surface area contributed by atoms with Crippen molar-refractivity contribution in [3.8, 4) is 0 Å². The second kappa shape index (κ2) is 8.43. The maximum Gasteiger partial charge on any atom is 0.331 e. The van der Waals surface area contributed by atoms with Gasteiger partial charge >= 0.3 is 5.69 Å². The van der Waals surface area contributed by atoms with Crippen LogP contribution in [0.1, 0.15) is 25.8 Å². The van der Waals surface area contributed by atoms with Gasteiger partial charge in [-0.05, 0) is 55.2 Å². The van der Waals surface area contributed by atoms with Gasteiger partial charge in [-0.2, -0.15) is 0 Å². The standard InChI is InChI=1S/C22H24FN3O3/c1-14(2)10-11-25-21(28)17-6-4-5-7-19(17)26(22(25)29)13-20(27)24-18-9-8-16(23)12-15(18)3/h4-9,12,14H,10-11,13H2,1-3H3,(H,24,27). The molecule has 1 N–H and O–H groups in total. The highest BCUT2D eigenvalue weighted by Crippen LogP contribution is 2.16. The van der Waals surface area contributed by atoms with Crippen molar-refractivity contribution < 1.29 is 9.18 Å². The molecule has 0 aliphatic heterocycles. The first-order valence-corrected chi connectivity index (χ1v) is 9.56. The Bertz CT molecular complexity index is 1180. The summed E-state index contributed by atoms with van der Waals surface area (Å²) >= 11 is 0. The van der Waals surface area contributed by atoms with Crippen LogP contribution in [-0.2, 0) is 17.9 Å². The number of aromatic nitrogens is 2. The molecule has 1 aromatic heterocycles. The monoisotopic (exact) mass is 397 g/mol. The number of anilines is 1. The van der Waals surface area contributed by atoms with Crippen LogP contribution in [0.15, 0.2) is 52.1 Å². The van der Waals surface area contributed by atoms with E-state index in [9.17, 15) is 18.8 Å². The first-order chi connectivity index (χ1) is 13.8. The van der Waals surface area contributed by atoms with E-state index >= 15 is 0 Å². The molecule has 0 bridgehead atoms. The Balaban J connectivity index is 2.00. The first kappa shape index (κ1) is 20.5. The van der Waals surface area contributed by atoms with Crippen molar-refractivity contribution in [2.24, 2.45) is 5.92 Å². The summed E-state index contributed by atoms with van der Waals surface area (Å²) in [6.45, 7) is 5.76. The third-order valence-electron chi connectivity index (χ3n) is 4.83. The molecule has 3 rings (SSSR count). The Morgan fingerprint density at radius 2 is 1.83 bits per heavy atom. The summed E-state index contributed by atoms with van der Waals surface area (Å²) in [7, 11) is 0. The van der Waals surface area contributed by atoms with Crippen LogP contribution in [0.4, 0.5) is 10.1 Å². The number of halogens is 1. The number of para-hydroxylation sites is 1. The van der Waals surface area contributed by atoms with E-state index in [1.807, 2.05) is 13.8 Å². The molecular weight excluding hydrogens is 373 g/mol. The van der Waals surface area contributed by atoms with Crippen LogP contribution in [0.2, 0.25) is 0 Å². The highest BCUT2D eigenvalue weighted by molar-refractivity contribution is 5.92. The molecule has 0 unspecified atom stereocenters. The Morgan fingerprint density at radius 1 is 1.10 bits per heavy atom. The normalized spacial score (nSPS) is 11.2. The van der Waals surface area contributed by atoms with Crippen molar-refractivity contribution in [1.29, 1.82) is 0 Å². The number of nitrogens with zero attached hydrogens (tertiary/aromatic N) is 2. The predicted molar refractivity (Wildman–Crippen MR) is 112 cm³/mol. The summed E-state index contributed by atoms with van der Waals surface area (Å²) in [5.41, 5.74) is 0.603. The van der Waals surface area contributed by atoms with Crippen LogP contribution in [-0.4, -0.2) is 15.0 Å². The molecule has 7 heteroatoms. The molecule has 6 nitrogen and oxygen atoms in total. The fourth-order valence-corrected chi connectivity index (χ4v) is 3.21. The van der Waals surface area contributed by atoms with Crippen molar-refractivity contribution in [2.75, 3.05) is 5.32 Å². The van der Waals surface area contributed by atoms with Crippen LogP contribution in [0.25, 0.3) is 10.9 Å².